The van der Waals surface area contributed by atoms with Crippen molar-refractivity contribution in [3.63, 3.8) is 0 Å². The van der Waals surface area contributed by atoms with Crippen molar-refractivity contribution < 1.29 is 0 Å². The van der Waals surface area contributed by atoms with Crippen LogP contribution < -0.4 is 5.32 Å². The van der Waals surface area contributed by atoms with E-state index in [2.05, 4.69) is 33.0 Å². The van der Waals surface area contributed by atoms with Gasteiger partial charge in [-0.05, 0) is 18.9 Å². The van der Waals surface area contributed by atoms with Crippen LogP contribution in [0.25, 0.3) is 0 Å². The van der Waals surface area contributed by atoms with Crippen molar-refractivity contribution in [1.29, 1.82) is 0 Å². The van der Waals surface area contributed by atoms with Gasteiger partial charge in [0.15, 0.2) is 0 Å². The summed E-state index contributed by atoms with van der Waals surface area (Å²) in [5, 5.41) is 3.62. The molecule has 0 radical (unpaired) electrons. The lowest BCUT2D eigenvalue weighted by Gasteiger charge is -2.21. The Kier molecular flexibility index (Phi) is 16.3. The van der Waals surface area contributed by atoms with E-state index in [1.54, 1.807) is 0 Å². The number of hydrogen-bond acceptors (Lipinski definition) is 1. The molecule has 1 N–H and O–H groups in total. The van der Waals surface area contributed by atoms with Crippen molar-refractivity contribution in [2.45, 2.75) is 117 Å². The third-order valence-electron chi connectivity index (χ3n) is 4.64. The minimum Gasteiger partial charge on any atom is -0.314 e. The molecule has 1 heteroatoms. The Bertz CT molecular complexity index is 188. The summed E-state index contributed by atoms with van der Waals surface area (Å²) in [5.74, 6) is 0.776. The Morgan fingerprint density at radius 3 is 1.43 bits per heavy atom. The zero-order valence-corrected chi connectivity index (χ0v) is 15.6. The second kappa shape index (κ2) is 16.3. The second-order valence-corrected chi connectivity index (χ2v) is 7.09. The molecule has 21 heavy (non-hydrogen) atoms. The van der Waals surface area contributed by atoms with E-state index in [1.165, 1.54) is 83.5 Å². The van der Waals surface area contributed by atoms with Crippen molar-refractivity contribution in [1.82, 2.24) is 5.32 Å². The minimum atomic E-state index is 0.734. The number of nitrogens with one attached hydrogen (secondary N) is 1. The summed E-state index contributed by atoms with van der Waals surface area (Å²) in [6.07, 6.45) is 18.7. The first-order valence-corrected chi connectivity index (χ1v) is 9.95. The molecule has 128 valence electrons. The molecule has 0 amide bonds. The van der Waals surface area contributed by atoms with Gasteiger partial charge in [0.25, 0.3) is 0 Å². The molecule has 0 saturated heterocycles. The van der Waals surface area contributed by atoms with Crippen LogP contribution in [0.1, 0.15) is 111 Å². The highest BCUT2D eigenvalue weighted by Crippen LogP contribution is 2.15. The van der Waals surface area contributed by atoms with Gasteiger partial charge >= 0.3 is 0 Å². The van der Waals surface area contributed by atoms with Crippen LogP contribution in [0.2, 0.25) is 0 Å². The Morgan fingerprint density at radius 2 is 1.05 bits per heavy atom. The van der Waals surface area contributed by atoms with E-state index in [0.29, 0.717) is 0 Å². The summed E-state index contributed by atoms with van der Waals surface area (Å²) >= 11 is 0. The van der Waals surface area contributed by atoms with Crippen LogP contribution in [0.3, 0.4) is 0 Å². The quantitative estimate of drug-likeness (QED) is 0.312. The maximum atomic E-state index is 3.62. The van der Waals surface area contributed by atoms with Gasteiger partial charge in [-0.25, -0.2) is 0 Å². The molecule has 1 nitrogen and oxygen atoms in total. The lowest BCUT2D eigenvalue weighted by Crippen LogP contribution is -2.33. The monoisotopic (exact) mass is 297 g/mol. The normalized spacial score (nSPS) is 13.0. The van der Waals surface area contributed by atoms with Crippen molar-refractivity contribution in [2.75, 3.05) is 6.54 Å². The topological polar surface area (TPSA) is 12.0 Å². The highest BCUT2D eigenvalue weighted by molar-refractivity contribution is 4.69. The van der Waals surface area contributed by atoms with Gasteiger partial charge in [0.05, 0.1) is 0 Å². The first kappa shape index (κ1) is 21.0. The van der Waals surface area contributed by atoms with Gasteiger partial charge < -0.3 is 5.32 Å². The molecule has 0 aliphatic carbocycles. The predicted molar refractivity (Wildman–Crippen MR) is 98.0 cm³/mol. The minimum absolute atomic E-state index is 0.734. The first-order chi connectivity index (χ1) is 10.2. The molecule has 0 rings (SSSR count). The summed E-state index contributed by atoms with van der Waals surface area (Å²) in [4.78, 5) is 0. The Morgan fingerprint density at radius 1 is 0.619 bits per heavy atom. The van der Waals surface area contributed by atoms with E-state index in [1.807, 2.05) is 0 Å². The zero-order chi connectivity index (χ0) is 15.8. The Labute approximate surface area is 135 Å². The van der Waals surface area contributed by atoms with Crippen LogP contribution in [0.15, 0.2) is 0 Å². The van der Waals surface area contributed by atoms with Crippen molar-refractivity contribution in [3.8, 4) is 0 Å². The predicted octanol–water partition coefficient (Wildman–Crippen LogP) is 6.71. The molecule has 0 heterocycles. The smallest absolute Gasteiger partial charge is 0.00899 e. The molecule has 0 aromatic heterocycles. The maximum Gasteiger partial charge on any atom is 0.00899 e. The van der Waals surface area contributed by atoms with Gasteiger partial charge in [0.2, 0.25) is 0 Å². The molecule has 0 aliphatic rings. The van der Waals surface area contributed by atoms with Crippen LogP contribution in [-0.2, 0) is 0 Å². The molecule has 0 spiro atoms. The van der Waals surface area contributed by atoms with Crippen molar-refractivity contribution in [3.05, 3.63) is 0 Å². The van der Waals surface area contributed by atoms with E-state index < -0.39 is 0 Å². The molecule has 0 fully saturated rings. The maximum absolute atomic E-state index is 3.62. The fourth-order valence-corrected chi connectivity index (χ4v) is 3.14. The Balaban J connectivity index is 3.21. The average molecular weight is 298 g/mol. The highest BCUT2D eigenvalue weighted by atomic mass is 14.9. The molecule has 0 bridgehead atoms. The first-order valence-electron chi connectivity index (χ1n) is 9.95. The number of rotatable bonds is 16. The zero-order valence-electron chi connectivity index (χ0n) is 15.6. The molecule has 0 aromatic rings. The fourth-order valence-electron chi connectivity index (χ4n) is 3.14. The summed E-state index contributed by atoms with van der Waals surface area (Å²) in [6, 6.07) is 0.734. The molecule has 1 atom stereocenters. The molecular weight excluding hydrogens is 254 g/mol. The molecule has 0 aromatic carbocycles. The van der Waals surface area contributed by atoms with E-state index >= 15 is 0 Å². The standard InChI is InChI=1S/C20H43N/c1-5-7-8-9-10-11-12-13-14-15-16-17-18-20(19(3)4)21-6-2/h19-21H,5-18H2,1-4H3. The highest BCUT2D eigenvalue weighted by Gasteiger charge is 2.10. The SMILES string of the molecule is CCCCCCCCCCCCCCC(NCC)C(C)C. The van der Waals surface area contributed by atoms with Gasteiger partial charge in [-0.15, -0.1) is 0 Å². The molecule has 0 saturated carbocycles. The van der Waals surface area contributed by atoms with Crippen LogP contribution in [0, 0.1) is 5.92 Å². The van der Waals surface area contributed by atoms with E-state index in [-0.39, 0.29) is 0 Å². The van der Waals surface area contributed by atoms with E-state index in [9.17, 15) is 0 Å². The summed E-state index contributed by atoms with van der Waals surface area (Å²) < 4.78 is 0. The summed E-state index contributed by atoms with van der Waals surface area (Å²) in [7, 11) is 0. The Hall–Kier alpha value is -0.0400. The van der Waals surface area contributed by atoms with E-state index in [0.717, 1.165) is 18.5 Å². The van der Waals surface area contributed by atoms with Gasteiger partial charge in [0.1, 0.15) is 0 Å². The second-order valence-electron chi connectivity index (χ2n) is 7.09. The van der Waals surface area contributed by atoms with Crippen LogP contribution in [0.5, 0.6) is 0 Å². The third kappa shape index (κ3) is 14.7. The number of unbranched alkanes of at least 4 members (excludes halogenated alkanes) is 11. The van der Waals surface area contributed by atoms with E-state index in [4.69, 9.17) is 0 Å². The van der Waals surface area contributed by atoms with Crippen molar-refractivity contribution >= 4 is 0 Å². The lowest BCUT2D eigenvalue weighted by atomic mass is 9.97. The van der Waals surface area contributed by atoms with Crippen LogP contribution in [-0.4, -0.2) is 12.6 Å². The average Bonchev–Trinajstić information content (AvgIpc) is 2.47. The fraction of sp³-hybridized carbons (Fsp3) is 1.00. The van der Waals surface area contributed by atoms with Crippen molar-refractivity contribution in [2.24, 2.45) is 5.92 Å². The molecule has 0 aliphatic heterocycles. The van der Waals surface area contributed by atoms with Gasteiger partial charge in [-0.1, -0.05) is 105 Å². The summed E-state index contributed by atoms with van der Waals surface area (Å²) in [6.45, 7) is 10.3. The van der Waals surface area contributed by atoms with Crippen LogP contribution >= 0.6 is 0 Å². The van der Waals surface area contributed by atoms with Gasteiger partial charge in [-0.2, -0.15) is 0 Å². The van der Waals surface area contributed by atoms with Crippen LogP contribution in [0.4, 0.5) is 0 Å². The third-order valence-corrected chi connectivity index (χ3v) is 4.64. The summed E-state index contributed by atoms with van der Waals surface area (Å²) in [5.41, 5.74) is 0. The molecule has 1 unspecified atom stereocenters. The largest absolute Gasteiger partial charge is 0.314 e. The molecular formula is C20H43N. The lowest BCUT2D eigenvalue weighted by molar-refractivity contribution is 0.370. The number of hydrogen-bond donors (Lipinski definition) is 1. The van der Waals surface area contributed by atoms with Gasteiger partial charge in [-0.3, -0.25) is 0 Å². The van der Waals surface area contributed by atoms with Gasteiger partial charge in [0, 0.05) is 6.04 Å².